The number of aliphatic hydroxyl groups excluding tert-OH is 1. The van der Waals surface area contributed by atoms with Gasteiger partial charge in [-0.3, -0.25) is 0 Å². The Bertz CT molecular complexity index is 595. The second-order valence-electron chi connectivity index (χ2n) is 3.66. The minimum absolute atomic E-state index is 0.253. The van der Waals surface area contributed by atoms with Crippen molar-refractivity contribution < 1.29 is 18.3 Å². The molecule has 1 heterocycles. The highest BCUT2D eigenvalue weighted by atomic mass is 79.9. The first-order valence-corrected chi connectivity index (χ1v) is 6.23. The van der Waals surface area contributed by atoms with E-state index in [9.17, 15) is 13.2 Å². The number of benzene rings is 1. The summed E-state index contributed by atoms with van der Waals surface area (Å²) >= 11 is 9.06. The van der Waals surface area contributed by atoms with Crippen LogP contribution in [0.25, 0.3) is 5.69 Å². The third-order valence-corrected chi connectivity index (χ3v) is 3.34. The van der Waals surface area contributed by atoms with Crippen LogP contribution in [-0.2, 0) is 12.8 Å². The van der Waals surface area contributed by atoms with E-state index < -0.39 is 24.0 Å². The van der Waals surface area contributed by atoms with E-state index in [2.05, 4.69) is 21.0 Å². The zero-order valence-electron chi connectivity index (χ0n) is 9.25. The Morgan fingerprint density at radius 1 is 1.26 bits per heavy atom. The molecule has 0 unspecified atom stereocenters. The van der Waals surface area contributed by atoms with Crippen molar-refractivity contribution in [2.75, 3.05) is 0 Å². The van der Waals surface area contributed by atoms with E-state index in [0.29, 0.717) is 5.69 Å². The number of hydrogen-bond acceptors (Lipinski definition) is 2. The summed E-state index contributed by atoms with van der Waals surface area (Å²) < 4.78 is 40.0. The molecule has 2 aromatic rings. The molecule has 2 rings (SSSR count). The van der Waals surface area contributed by atoms with Crippen molar-refractivity contribution in [2.45, 2.75) is 12.8 Å². The monoisotopic (exact) mass is 354 g/mol. The molecule has 0 radical (unpaired) electrons. The highest BCUT2D eigenvalue weighted by Crippen LogP contribution is 2.35. The van der Waals surface area contributed by atoms with Crippen LogP contribution in [-0.4, -0.2) is 14.9 Å². The van der Waals surface area contributed by atoms with Crippen molar-refractivity contribution in [1.29, 1.82) is 0 Å². The number of halogens is 5. The molecule has 3 nitrogen and oxygen atoms in total. The van der Waals surface area contributed by atoms with Crippen molar-refractivity contribution >= 4 is 27.5 Å². The average molecular weight is 356 g/mol. The third kappa shape index (κ3) is 2.77. The molecule has 0 amide bonds. The van der Waals surface area contributed by atoms with Gasteiger partial charge in [0, 0.05) is 10.0 Å². The van der Waals surface area contributed by atoms with E-state index in [4.69, 9.17) is 16.7 Å². The van der Waals surface area contributed by atoms with E-state index in [0.717, 1.165) is 9.15 Å². The Hall–Kier alpha value is -1.05. The SMILES string of the molecule is OCc1c(C(F)(F)F)nn(-c2ccc(Br)cc2)c1Cl. The highest BCUT2D eigenvalue weighted by Gasteiger charge is 2.38. The van der Waals surface area contributed by atoms with E-state index in [1.165, 1.54) is 0 Å². The first-order valence-electron chi connectivity index (χ1n) is 5.06. The van der Waals surface area contributed by atoms with Crippen LogP contribution in [0, 0.1) is 0 Å². The summed E-state index contributed by atoms with van der Waals surface area (Å²) in [6, 6.07) is 6.42. The second kappa shape index (κ2) is 5.15. The largest absolute Gasteiger partial charge is 0.435 e. The van der Waals surface area contributed by atoms with E-state index in [1.807, 2.05) is 0 Å². The van der Waals surface area contributed by atoms with Gasteiger partial charge < -0.3 is 5.11 Å². The molecule has 0 spiro atoms. The van der Waals surface area contributed by atoms with Gasteiger partial charge in [0.25, 0.3) is 0 Å². The van der Waals surface area contributed by atoms with Gasteiger partial charge in [0.2, 0.25) is 0 Å². The van der Waals surface area contributed by atoms with Crippen LogP contribution in [0.2, 0.25) is 5.15 Å². The maximum absolute atomic E-state index is 12.8. The predicted octanol–water partition coefficient (Wildman–Crippen LogP) is 3.80. The summed E-state index contributed by atoms with van der Waals surface area (Å²) in [4.78, 5) is 0. The number of aromatic nitrogens is 2. The summed E-state index contributed by atoms with van der Waals surface area (Å²) in [7, 11) is 0. The molecular formula is C11H7BrClF3N2O. The Kier molecular flexibility index (Phi) is 3.89. The van der Waals surface area contributed by atoms with Gasteiger partial charge in [-0.25, -0.2) is 4.68 Å². The molecule has 0 bridgehead atoms. The Balaban J connectivity index is 2.59. The van der Waals surface area contributed by atoms with Crippen LogP contribution in [0.15, 0.2) is 28.7 Å². The summed E-state index contributed by atoms with van der Waals surface area (Å²) in [6.45, 7) is -0.829. The molecule has 8 heteroatoms. The Labute approximate surface area is 119 Å². The maximum Gasteiger partial charge on any atom is 0.435 e. The lowest BCUT2D eigenvalue weighted by Gasteiger charge is -2.03. The fourth-order valence-corrected chi connectivity index (χ4v) is 2.10. The van der Waals surface area contributed by atoms with Gasteiger partial charge >= 0.3 is 6.18 Å². The molecule has 0 saturated carbocycles. The average Bonchev–Trinajstić information content (AvgIpc) is 2.67. The lowest BCUT2D eigenvalue weighted by Crippen LogP contribution is -2.09. The molecule has 19 heavy (non-hydrogen) atoms. The first kappa shape index (κ1) is 14.4. The highest BCUT2D eigenvalue weighted by molar-refractivity contribution is 9.10. The smallest absolute Gasteiger partial charge is 0.391 e. The lowest BCUT2D eigenvalue weighted by molar-refractivity contribution is -0.142. The Morgan fingerprint density at radius 3 is 2.26 bits per heavy atom. The minimum Gasteiger partial charge on any atom is -0.391 e. The van der Waals surface area contributed by atoms with Crippen LogP contribution in [0.3, 0.4) is 0 Å². The van der Waals surface area contributed by atoms with Crippen molar-refractivity contribution in [3.63, 3.8) is 0 Å². The topological polar surface area (TPSA) is 38.1 Å². The number of rotatable bonds is 2. The normalized spacial score (nSPS) is 11.9. The molecule has 1 aromatic heterocycles. The van der Waals surface area contributed by atoms with Gasteiger partial charge in [-0.1, -0.05) is 27.5 Å². The van der Waals surface area contributed by atoms with Crippen molar-refractivity contribution in [3.8, 4) is 5.69 Å². The predicted molar refractivity (Wildman–Crippen MR) is 67.2 cm³/mol. The van der Waals surface area contributed by atoms with Gasteiger partial charge in [-0.2, -0.15) is 18.3 Å². The summed E-state index contributed by atoms with van der Waals surface area (Å²) in [6.07, 6.45) is -4.66. The molecule has 1 N–H and O–H groups in total. The van der Waals surface area contributed by atoms with Crippen molar-refractivity contribution in [3.05, 3.63) is 45.1 Å². The lowest BCUT2D eigenvalue weighted by atomic mass is 10.2. The van der Waals surface area contributed by atoms with Gasteiger partial charge in [0.1, 0.15) is 5.15 Å². The fourth-order valence-electron chi connectivity index (χ4n) is 1.55. The van der Waals surface area contributed by atoms with Gasteiger partial charge in [0.05, 0.1) is 12.3 Å². The van der Waals surface area contributed by atoms with E-state index in [-0.39, 0.29) is 5.15 Å². The van der Waals surface area contributed by atoms with Crippen LogP contribution in [0.5, 0.6) is 0 Å². The molecule has 102 valence electrons. The fraction of sp³-hybridized carbons (Fsp3) is 0.182. The summed E-state index contributed by atoms with van der Waals surface area (Å²) in [5, 5.41) is 12.2. The number of alkyl halides is 3. The maximum atomic E-state index is 12.8. The van der Waals surface area contributed by atoms with Crippen LogP contribution >= 0.6 is 27.5 Å². The zero-order chi connectivity index (χ0) is 14.2. The summed E-state index contributed by atoms with van der Waals surface area (Å²) in [5.41, 5.74) is -1.24. The second-order valence-corrected chi connectivity index (χ2v) is 4.94. The first-order chi connectivity index (χ1) is 8.84. The molecular weight excluding hydrogens is 348 g/mol. The van der Waals surface area contributed by atoms with Gasteiger partial charge in [0.15, 0.2) is 5.69 Å². The van der Waals surface area contributed by atoms with Crippen LogP contribution in [0.1, 0.15) is 11.3 Å². The molecule has 0 aliphatic heterocycles. The quantitative estimate of drug-likeness (QED) is 0.890. The molecule has 1 aromatic carbocycles. The van der Waals surface area contributed by atoms with E-state index in [1.54, 1.807) is 24.3 Å². The molecule has 0 fully saturated rings. The van der Waals surface area contributed by atoms with Gasteiger partial charge in [-0.15, -0.1) is 0 Å². The number of aliphatic hydroxyl groups is 1. The number of hydrogen-bond donors (Lipinski definition) is 1. The van der Waals surface area contributed by atoms with Crippen molar-refractivity contribution in [2.24, 2.45) is 0 Å². The molecule has 0 saturated heterocycles. The summed E-state index contributed by atoms with van der Waals surface area (Å²) in [5.74, 6) is 0. The molecule has 0 atom stereocenters. The zero-order valence-corrected chi connectivity index (χ0v) is 11.6. The third-order valence-electron chi connectivity index (χ3n) is 2.42. The van der Waals surface area contributed by atoms with Crippen LogP contribution in [0.4, 0.5) is 13.2 Å². The minimum atomic E-state index is -4.66. The number of nitrogens with zero attached hydrogens (tertiary/aromatic N) is 2. The molecule has 0 aliphatic carbocycles. The Morgan fingerprint density at radius 2 is 1.84 bits per heavy atom. The van der Waals surface area contributed by atoms with Crippen LogP contribution < -0.4 is 0 Å². The van der Waals surface area contributed by atoms with E-state index >= 15 is 0 Å². The standard InChI is InChI=1S/C11H7BrClF3N2O/c12-6-1-3-7(4-2-6)18-10(13)8(5-19)9(17-18)11(14,15)16/h1-4,19H,5H2. The van der Waals surface area contributed by atoms with Crippen molar-refractivity contribution in [1.82, 2.24) is 9.78 Å². The molecule has 0 aliphatic rings. The van der Waals surface area contributed by atoms with Gasteiger partial charge in [-0.05, 0) is 24.3 Å².